The van der Waals surface area contributed by atoms with Crippen LogP contribution in [0.3, 0.4) is 0 Å². The minimum absolute atomic E-state index is 0.165. The van der Waals surface area contributed by atoms with Crippen molar-refractivity contribution in [3.05, 3.63) is 0 Å². The van der Waals surface area contributed by atoms with Gasteiger partial charge in [0.15, 0.2) is 0 Å². The molecule has 0 aliphatic carbocycles. The van der Waals surface area contributed by atoms with Gasteiger partial charge >= 0.3 is 6.09 Å². The lowest BCUT2D eigenvalue weighted by Crippen LogP contribution is -2.50. The van der Waals surface area contributed by atoms with E-state index in [0.717, 1.165) is 32.5 Å². The van der Waals surface area contributed by atoms with Crippen LogP contribution < -0.4 is 5.32 Å². The van der Waals surface area contributed by atoms with E-state index in [2.05, 4.69) is 18.5 Å². The van der Waals surface area contributed by atoms with Crippen LogP contribution in [-0.2, 0) is 4.74 Å². The highest BCUT2D eigenvalue weighted by molar-refractivity contribution is 7.99. The van der Waals surface area contributed by atoms with Gasteiger partial charge in [-0.2, -0.15) is 11.8 Å². The lowest BCUT2D eigenvalue weighted by Gasteiger charge is -2.37. The highest BCUT2D eigenvalue weighted by Gasteiger charge is 2.30. The molecule has 2 unspecified atom stereocenters. The molecule has 1 heterocycles. The Morgan fingerprint density at radius 3 is 2.75 bits per heavy atom. The van der Waals surface area contributed by atoms with Gasteiger partial charge in [0, 0.05) is 30.9 Å². The van der Waals surface area contributed by atoms with Crippen LogP contribution in [0.4, 0.5) is 4.79 Å². The number of nitrogens with zero attached hydrogens (tertiary/aromatic N) is 1. The predicted molar refractivity (Wildman–Crippen MR) is 86.4 cm³/mol. The monoisotopic (exact) mass is 302 g/mol. The first-order valence-electron chi connectivity index (χ1n) is 7.56. The normalized spacial score (nSPS) is 21.6. The molecule has 0 aromatic heterocycles. The summed E-state index contributed by atoms with van der Waals surface area (Å²) in [5, 5.41) is 4.09. The lowest BCUT2D eigenvalue weighted by molar-refractivity contribution is 0.01000. The summed E-state index contributed by atoms with van der Waals surface area (Å²) >= 11 is 1.86. The van der Waals surface area contributed by atoms with Crippen molar-refractivity contribution >= 4 is 17.9 Å². The van der Waals surface area contributed by atoms with Gasteiger partial charge < -0.3 is 15.0 Å². The molecule has 0 spiro atoms. The van der Waals surface area contributed by atoms with Gasteiger partial charge in [0.05, 0.1) is 0 Å². The van der Waals surface area contributed by atoms with E-state index >= 15 is 0 Å². The molecule has 2 atom stereocenters. The third kappa shape index (κ3) is 6.35. The second-order valence-electron chi connectivity index (χ2n) is 6.53. The molecule has 1 aliphatic heterocycles. The van der Waals surface area contributed by atoms with Gasteiger partial charge in [0.2, 0.25) is 0 Å². The van der Waals surface area contributed by atoms with Crippen molar-refractivity contribution in [2.75, 3.05) is 25.9 Å². The van der Waals surface area contributed by atoms with Gasteiger partial charge in [-0.1, -0.05) is 6.92 Å². The maximum Gasteiger partial charge on any atom is 0.410 e. The van der Waals surface area contributed by atoms with Gasteiger partial charge in [-0.25, -0.2) is 4.79 Å². The highest BCUT2D eigenvalue weighted by atomic mass is 32.2. The number of rotatable bonds is 5. The van der Waals surface area contributed by atoms with E-state index in [1.54, 1.807) is 0 Å². The summed E-state index contributed by atoms with van der Waals surface area (Å²) in [4.78, 5) is 14.2. The standard InChI is InChI=1S/C15H30N2O2S/c1-12(20-5)10-16-11-13-8-6-7-9-17(13)14(18)19-15(2,3)4/h12-13,16H,6-11H2,1-5H3. The van der Waals surface area contributed by atoms with Crippen LogP contribution >= 0.6 is 11.8 Å². The van der Waals surface area contributed by atoms with Crippen LogP contribution in [0.2, 0.25) is 0 Å². The van der Waals surface area contributed by atoms with Crippen molar-refractivity contribution in [2.24, 2.45) is 0 Å². The molecule has 1 N–H and O–H groups in total. The quantitative estimate of drug-likeness (QED) is 0.847. The number of carbonyl (C=O) groups excluding carboxylic acids is 1. The Kier molecular flexibility index (Phi) is 7.17. The lowest BCUT2D eigenvalue weighted by atomic mass is 10.0. The fourth-order valence-electron chi connectivity index (χ4n) is 2.31. The van der Waals surface area contributed by atoms with Crippen LogP contribution in [0, 0.1) is 0 Å². The Hall–Kier alpha value is -0.420. The summed E-state index contributed by atoms with van der Waals surface area (Å²) in [6.07, 6.45) is 5.31. The number of ether oxygens (including phenoxy) is 1. The van der Waals surface area contributed by atoms with Crippen LogP contribution in [-0.4, -0.2) is 53.8 Å². The fourth-order valence-corrected chi connectivity index (χ4v) is 2.59. The van der Waals surface area contributed by atoms with Gasteiger partial charge in [0.1, 0.15) is 5.60 Å². The average molecular weight is 302 g/mol. The largest absolute Gasteiger partial charge is 0.444 e. The Bertz CT molecular complexity index is 305. The number of carbonyl (C=O) groups is 1. The predicted octanol–water partition coefficient (Wildman–Crippen LogP) is 3.12. The zero-order chi connectivity index (χ0) is 15.2. The van der Waals surface area contributed by atoms with Crippen molar-refractivity contribution in [3.8, 4) is 0 Å². The van der Waals surface area contributed by atoms with Gasteiger partial charge in [-0.15, -0.1) is 0 Å². The molecule has 4 nitrogen and oxygen atoms in total. The van der Waals surface area contributed by atoms with Crippen LogP contribution in [0.25, 0.3) is 0 Å². The number of amides is 1. The Morgan fingerprint density at radius 2 is 2.15 bits per heavy atom. The van der Waals surface area contributed by atoms with E-state index in [9.17, 15) is 4.79 Å². The fraction of sp³-hybridized carbons (Fsp3) is 0.933. The molecule has 1 amide bonds. The van der Waals surface area contributed by atoms with Crippen molar-refractivity contribution < 1.29 is 9.53 Å². The molecule has 0 saturated carbocycles. The van der Waals surface area contributed by atoms with Crippen LogP contribution in [0.15, 0.2) is 0 Å². The molecule has 1 rings (SSSR count). The number of hydrogen-bond donors (Lipinski definition) is 1. The smallest absolute Gasteiger partial charge is 0.410 e. The Labute approximate surface area is 128 Å². The molecular formula is C15H30N2O2S. The molecule has 20 heavy (non-hydrogen) atoms. The van der Waals surface area contributed by atoms with Crippen molar-refractivity contribution in [3.63, 3.8) is 0 Å². The van der Waals surface area contributed by atoms with Crippen molar-refractivity contribution in [1.82, 2.24) is 10.2 Å². The van der Waals surface area contributed by atoms with E-state index in [4.69, 9.17) is 4.74 Å². The first-order valence-corrected chi connectivity index (χ1v) is 8.85. The topological polar surface area (TPSA) is 41.6 Å². The first-order chi connectivity index (χ1) is 9.33. The summed E-state index contributed by atoms with van der Waals surface area (Å²) in [5.74, 6) is 0. The summed E-state index contributed by atoms with van der Waals surface area (Å²) in [6.45, 7) is 10.6. The molecule has 0 aromatic carbocycles. The first kappa shape index (κ1) is 17.6. The maximum absolute atomic E-state index is 12.2. The number of likely N-dealkylation sites (tertiary alicyclic amines) is 1. The van der Waals surface area contributed by atoms with E-state index < -0.39 is 5.60 Å². The summed E-state index contributed by atoms with van der Waals surface area (Å²) in [5.41, 5.74) is -0.417. The zero-order valence-corrected chi connectivity index (χ0v) is 14.4. The SMILES string of the molecule is CSC(C)CNCC1CCCCN1C(=O)OC(C)(C)C. The van der Waals surface area contributed by atoms with E-state index in [0.29, 0.717) is 5.25 Å². The summed E-state index contributed by atoms with van der Waals surface area (Å²) in [6, 6.07) is 0.271. The molecule has 0 bridgehead atoms. The molecule has 1 saturated heterocycles. The number of thioether (sulfide) groups is 1. The summed E-state index contributed by atoms with van der Waals surface area (Å²) < 4.78 is 5.51. The molecule has 0 aromatic rings. The minimum atomic E-state index is -0.417. The van der Waals surface area contributed by atoms with Gasteiger partial charge in [-0.3, -0.25) is 0 Å². The maximum atomic E-state index is 12.2. The molecule has 1 aliphatic rings. The highest BCUT2D eigenvalue weighted by Crippen LogP contribution is 2.20. The van der Waals surface area contributed by atoms with Crippen molar-refractivity contribution in [2.45, 2.75) is 63.9 Å². The van der Waals surface area contributed by atoms with Gasteiger partial charge in [0.25, 0.3) is 0 Å². The van der Waals surface area contributed by atoms with Gasteiger partial charge in [-0.05, 0) is 46.3 Å². The third-order valence-electron chi connectivity index (χ3n) is 3.47. The molecule has 0 radical (unpaired) electrons. The van der Waals surface area contributed by atoms with E-state index in [-0.39, 0.29) is 12.1 Å². The van der Waals surface area contributed by atoms with E-state index in [1.807, 2.05) is 37.4 Å². The number of hydrogen-bond acceptors (Lipinski definition) is 4. The molecule has 118 valence electrons. The second-order valence-corrected chi connectivity index (χ2v) is 7.80. The van der Waals surface area contributed by atoms with E-state index in [1.165, 1.54) is 6.42 Å². The van der Waals surface area contributed by atoms with Crippen molar-refractivity contribution in [1.29, 1.82) is 0 Å². The average Bonchev–Trinajstić information content (AvgIpc) is 2.37. The second kappa shape index (κ2) is 8.13. The van der Waals surface area contributed by atoms with Crippen LogP contribution in [0.1, 0.15) is 47.0 Å². The number of nitrogens with one attached hydrogen (secondary N) is 1. The Balaban J connectivity index is 2.47. The molecule has 1 fully saturated rings. The number of piperidine rings is 1. The zero-order valence-electron chi connectivity index (χ0n) is 13.6. The van der Waals surface area contributed by atoms with Crippen LogP contribution in [0.5, 0.6) is 0 Å². The minimum Gasteiger partial charge on any atom is -0.444 e. The summed E-state index contributed by atoms with van der Waals surface area (Å²) in [7, 11) is 0. The molecular weight excluding hydrogens is 272 g/mol. The third-order valence-corrected chi connectivity index (χ3v) is 4.44. The Morgan fingerprint density at radius 1 is 1.45 bits per heavy atom. The molecule has 5 heteroatoms.